The molecule has 2 aromatic heterocycles. The first-order valence-electron chi connectivity index (χ1n) is 11.1. The minimum Gasteiger partial charge on any atom is -0.477 e. The summed E-state index contributed by atoms with van der Waals surface area (Å²) >= 11 is 0. The van der Waals surface area contributed by atoms with Gasteiger partial charge in [0.15, 0.2) is 0 Å². The lowest BCUT2D eigenvalue weighted by atomic mass is 10.1. The fraction of sp³-hybridized carbons (Fsp3) is 0.333. The van der Waals surface area contributed by atoms with Crippen molar-refractivity contribution in [2.75, 3.05) is 31.3 Å². The van der Waals surface area contributed by atoms with Crippen LogP contribution in [0.15, 0.2) is 47.4 Å². The second-order valence-electron chi connectivity index (χ2n) is 8.29. The maximum Gasteiger partial charge on any atom is 0.433 e. The van der Waals surface area contributed by atoms with Gasteiger partial charge in [-0.15, -0.1) is 0 Å². The molecule has 0 N–H and O–H groups in total. The highest BCUT2D eigenvalue weighted by molar-refractivity contribution is 5.48. The van der Waals surface area contributed by atoms with E-state index >= 15 is 0 Å². The van der Waals surface area contributed by atoms with Gasteiger partial charge >= 0.3 is 11.9 Å². The molecule has 2 aliphatic rings. The Balaban J connectivity index is 1.24. The second kappa shape index (κ2) is 9.50. The number of hydrogen-bond donors (Lipinski definition) is 0. The summed E-state index contributed by atoms with van der Waals surface area (Å²) in [5.74, 6) is 1.02. The van der Waals surface area contributed by atoms with Crippen LogP contribution in [-0.2, 0) is 23.9 Å². The Morgan fingerprint density at radius 3 is 2.89 bits per heavy atom. The van der Waals surface area contributed by atoms with Gasteiger partial charge in [0, 0.05) is 31.3 Å². The van der Waals surface area contributed by atoms with Crippen LogP contribution in [0.25, 0.3) is 0 Å². The van der Waals surface area contributed by atoms with Crippen LogP contribution in [0.2, 0.25) is 0 Å². The smallest absolute Gasteiger partial charge is 0.433 e. The highest BCUT2D eigenvalue weighted by Gasteiger charge is 2.34. The lowest BCUT2D eigenvalue weighted by Crippen LogP contribution is -2.43. The molecule has 0 aliphatic carbocycles. The van der Waals surface area contributed by atoms with Crippen molar-refractivity contribution < 1.29 is 27.4 Å². The van der Waals surface area contributed by atoms with E-state index in [1.54, 1.807) is 22.8 Å². The summed E-state index contributed by atoms with van der Waals surface area (Å²) in [5, 5.41) is 9.51. The van der Waals surface area contributed by atoms with Crippen LogP contribution in [-0.4, -0.2) is 46.9 Å². The van der Waals surface area contributed by atoms with Crippen LogP contribution in [0.3, 0.4) is 0 Å². The van der Waals surface area contributed by atoms with E-state index in [1.807, 2.05) is 6.07 Å². The molecule has 1 fully saturated rings. The van der Waals surface area contributed by atoms with Gasteiger partial charge in [0.1, 0.15) is 29.1 Å². The zero-order chi connectivity index (χ0) is 25.3. The molecule has 0 radical (unpaired) electrons. The average molecular weight is 499 g/mol. The van der Waals surface area contributed by atoms with Crippen molar-refractivity contribution in [3.8, 4) is 23.4 Å². The minimum absolute atomic E-state index is 0.0820. The molecule has 9 nitrogen and oxygen atoms in total. The Bertz CT molecular complexity index is 1390. The SMILES string of the molecule is N#Cc1cc(CCOc2cc3n(c(=O)n2)CC2COCCN32)ccc1Oc1ccnc(C(F)(F)F)c1. The standard InChI is InChI=1S/C24H20F3N5O4/c25-24(26,27)20-10-18(3-5-29-20)36-19-2-1-15(9-16(19)12-28)4-7-35-21-11-22-31-6-8-34-14-17(31)13-32(22)23(33)30-21/h1-3,5,9-11,17H,4,6-8,13-14H2. The van der Waals surface area contributed by atoms with Crippen LogP contribution in [0.4, 0.5) is 19.0 Å². The van der Waals surface area contributed by atoms with E-state index in [2.05, 4.69) is 14.9 Å². The Hall–Kier alpha value is -4.11. The number of nitrogens with zero attached hydrogens (tertiary/aromatic N) is 5. The van der Waals surface area contributed by atoms with Crippen LogP contribution in [0.1, 0.15) is 16.8 Å². The number of anilines is 1. The number of halogens is 3. The summed E-state index contributed by atoms with van der Waals surface area (Å²) in [6, 6.07) is 10.7. The molecule has 1 aromatic carbocycles. The number of aromatic nitrogens is 3. The minimum atomic E-state index is -4.61. The van der Waals surface area contributed by atoms with Crippen LogP contribution >= 0.6 is 0 Å². The van der Waals surface area contributed by atoms with Gasteiger partial charge < -0.3 is 19.1 Å². The van der Waals surface area contributed by atoms with E-state index < -0.39 is 11.9 Å². The average Bonchev–Trinajstić information content (AvgIpc) is 3.24. The van der Waals surface area contributed by atoms with Gasteiger partial charge in [-0.3, -0.25) is 9.55 Å². The van der Waals surface area contributed by atoms with Crippen molar-refractivity contribution in [3.05, 3.63) is 69.9 Å². The van der Waals surface area contributed by atoms with Gasteiger partial charge in [-0.05, 0) is 23.8 Å². The van der Waals surface area contributed by atoms with Crippen LogP contribution in [0, 0.1) is 11.3 Å². The number of fused-ring (bicyclic) bond motifs is 3. The van der Waals surface area contributed by atoms with Crippen molar-refractivity contribution >= 4 is 5.82 Å². The van der Waals surface area contributed by atoms with Crippen molar-refractivity contribution in [2.24, 2.45) is 0 Å². The third-order valence-electron chi connectivity index (χ3n) is 5.94. The van der Waals surface area contributed by atoms with Crippen LogP contribution in [0.5, 0.6) is 17.4 Å². The Labute approximate surface area is 203 Å². The lowest BCUT2D eigenvalue weighted by molar-refractivity contribution is -0.141. The van der Waals surface area contributed by atoms with Gasteiger partial charge in [0.05, 0.1) is 38.0 Å². The molecule has 2 aliphatic heterocycles. The molecule has 0 bridgehead atoms. The summed E-state index contributed by atoms with van der Waals surface area (Å²) < 4.78 is 57.0. The Morgan fingerprint density at radius 1 is 1.22 bits per heavy atom. The monoisotopic (exact) mass is 499 g/mol. The number of hydrogen-bond acceptors (Lipinski definition) is 8. The van der Waals surface area contributed by atoms with Gasteiger partial charge in [0.2, 0.25) is 5.88 Å². The molecule has 12 heteroatoms. The molecular weight excluding hydrogens is 479 g/mol. The predicted molar refractivity (Wildman–Crippen MR) is 120 cm³/mol. The first kappa shape index (κ1) is 23.6. The summed E-state index contributed by atoms with van der Waals surface area (Å²) in [6.07, 6.45) is -3.21. The Morgan fingerprint density at radius 2 is 2.08 bits per heavy atom. The van der Waals surface area contributed by atoms with E-state index in [1.165, 1.54) is 12.1 Å². The molecule has 3 aromatic rings. The van der Waals surface area contributed by atoms with Crippen LogP contribution < -0.4 is 20.1 Å². The fourth-order valence-corrected chi connectivity index (χ4v) is 4.21. The highest BCUT2D eigenvalue weighted by Crippen LogP contribution is 2.32. The van der Waals surface area contributed by atoms with Crippen molar-refractivity contribution in [1.29, 1.82) is 5.26 Å². The maximum absolute atomic E-state index is 12.9. The molecule has 1 saturated heterocycles. The molecule has 0 spiro atoms. The molecule has 186 valence electrons. The second-order valence-corrected chi connectivity index (χ2v) is 8.29. The predicted octanol–water partition coefficient (Wildman–Crippen LogP) is 3.16. The van der Waals surface area contributed by atoms with Gasteiger partial charge in [0.25, 0.3) is 0 Å². The number of alkyl halides is 3. The summed E-state index contributed by atoms with van der Waals surface area (Å²) in [7, 11) is 0. The zero-order valence-electron chi connectivity index (χ0n) is 18.9. The molecule has 0 amide bonds. The first-order valence-corrected chi connectivity index (χ1v) is 11.1. The molecule has 4 heterocycles. The quantitative estimate of drug-likeness (QED) is 0.510. The number of benzene rings is 1. The molecule has 1 atom stereocenters. The van der Waals surface area contributed by atoms with E-state index in [-0.39, 0.29) is 41.3 Å². The van der Waals surface area contributed by atoms with Gasteiger partial charge in [-0.2, -0.15) is 23.4 Å². The van der Waals surface area contributed by atoms with E-state index in [0.717, 1.165) is 23.6 Å². The van der Waals surface area contributed by atoms with Crippen molar-refractivity contribution in [2.45, 2.75) is 25.2 Å². The summed E-state index contributed by atoms with van der Waals surface area (Å²) in [6.45, 7) is 2.57. The van der Waals surface area contributed by atoms with E-state index in [9.17, 15) is 23.2 Å². The molecule has 1 unspecified atom stereocenters. The summed E-state index contributed by atoms with van der Waals surface area (Å²) in [5.41, 5.74) is -0.563. The Kier molecular flexibility index (Phi) is 6.24. The highest BCUT2D eigenvalue weighted by atomic mass is 19.4. The zero-order valence-corrected chi connectivity index (χ0v) is 18.9. The molecule has 5 rings (SSSR count). The largest absolute Gasteiger partial charge is 0.477 e. The van der Waals surface area contributed by atoms with Crippen molar-refractivity contribution in [3.63, 3.8) is 0 Å². The number of nitriles is 1. The maximum atomic E-state index is 12.9. The summed E-state index contributed by atoms with van der Waals surface area (Å²) in [4.78, 5) is 21.9. The van der Waals surface area contributed by atoms with Gasteiger partial charge in [-0.1, -0.05) is 6.07 Å². The normalized spacial score (nSPS) is 16.7. The first-order chi connectivity index (χ1) is 17.3. The van der Waals surface area contributed by atoms with E-state index in [4.69, 9.17) is 14.2 Å². The number of morpholine rings is 1. The molecule has 0 saturated carbocycles. The van der Waals surface area contributed by atoms with Gasteiger partial charge in [-0.25, -0.2) is 4.79 Å². The number of ether oxygens (including phenoxy) is 3. The van der Waals surface area contributed by atoms with Crippen molar-refractivity contribution in [1.82, 2.24) is 14.5 Å². The third-order valence-corrected chi connectivity index (χ3v) is 5.94. The molecular formula is C24H20F3N5O4. The third kappa shape index (κ3) is 4.83. The number of rotatable bonds is 6. The van der Waals surface area contributed by atoms with E-state index in [0.29, 0.717) is 32.7 Å². The lowest BCUT2D eigenvalue weighted by Gasteiger charge is -2.30. The molecule has 36 heavy (non-hydrogen) atoms. The number of pyridine rings is 1. The fourth-order valence-electron chi connectivity index (χ4n) is 4.21. The topological polar surface area (TPSA) is 102 Å².